The molecule has 0 N–H and O–H groups in total. The summed E-state index contributed by atoms with van der Waals surface area (Å²) in [4.78, 5) is 5.33. The lowest BCUT2D eigenvalue weighted by Gasteiger charge is -2.22. The van der Waals surface area contributed by atoms with Crippen LogP contribution in [0.2, 0.25) is 0 Å². The van der Waals surface area contributed by atoms with Gasteiger partial charge in [0, 0.05) is 24.8 Å². The van der Waals surface area contributed by atoms with E-state index < -0.39 is 7.92 Å². The largest absolute Gasteiger partial charge is 0.490 e. The summed E-state index contributed by atoms with van der Waals surface area (Å²) in [6.07, 6.45) is 0.889. The zero-order valence-corrected chi connectivity index (χ0v) is 28.9. The summed E-state index contributed by atoms with van der Waals surface area (Å²) in [7, 11) is -0.733. The lowest BCUT2D eigenvalue weighted by Crippen LogP contribution is -2.23. The highest BCUT2D eigenvalue weighted by atomic mass is 32.1. The Morgan fingerprint density at radius 1 is 0.500 bits per heavy atom. The lowest BCUT2D eigenvalue weighted by molar-refractivity contribution is 0.00988. The highest BCUT2D eigenvalue weighted by Gasteiger charge is 2.20. The van der Waals surface area contributed by atoms with Gasteiger partial charge in [0.2, 0.25) is 0 Å². The molecule has 236 valence electrons. The molecule has 0 aliphatic carbocycles. The van der Waals surface area contributed by atoms with Crippen molar-refractivity contribution in [3.05, 3.63) is 132 Å². The van der Waals surface area contributed by atoms with Gasteiger partial charge < -0.3 is 18.9 Å². The predicted molar refractivity (Wildman–Crippen MR) is 198 cm³/mol. The van der Waals surface area contributed by atoms with Gasteiger partial charge in [-0.15, -0.1) is 34.0 Å². The molecule has 0 aliphatic rings. The van der Waals surface area contributed by atoms with Gasteiger partial charge in [-0.3, -0.25) is 0 Å². The number of ether oxygens (including phenoxy) is 4. The first-order valence-corrected chi connectivity index (χ1v) is 19.3. The zero-order valence-electron chi connectivity index (χ0n) is 25.6. The normalized spacial score (nSPS) is 11.3. The van der Waals surface area contributed by atoms with Gasteiger partial charge >= 0.3 is 0 Å². The molecule has 0 radical (unpaired) electrons. The van der Waals surface area contributed by atoms with Crippen LogP contribution >= 0.6 is 41.9 Å². The van der Waals surface area contributed by atoms with E-state index in [-0.39, 0.29) is 0 Å². The van der Waals surface area contributed by atoms with E-state index in [9.17, 15) is 0 Å². The molecule has 0 fully saturated rings. The highest BCUT2D eigenvalue weighted by molar-refractivity contribution is 7.80. The number of thiophene rings is 3. The molecule has 0 bridgehead atoms. The number of benzene rings is 3. The summed E-state index contributed by atoms with van der Waals surface area (Å²) in [6.45, 7) is 3.84. The standard InChI is InChI=1S/C38H37O4PS3/c1-3-11-31(12-4-1)43(32-13-5-2-6-14-32)34-16-8-7-15-33(34)42-26-25-41-24-23-40-22-21-39-20-19-30-29-37(35-17-9-27-44-35)46-38(30)36-18-10-28-45-36/h1-18,27-29H,19-26H2. The van der Waals surface area contributed by atoms with Crippen molar-refractivity contribution in [2.45, 2.75) is 6.42 Å². The smallest absolute Gasteiger partial charge is 0.127 e. The summed E-state index contributed by atoms with van der Waals surface area (Å²) in [5.41, 5.74) is 1.35. The minimum atomic E-state index is -0.733. The quantitative estimate of drug-likeness (QED) is 0.0671. The minimum Gasteiger partial charge on any atom is -0.490 e. The van der Waals surface area contributed by atoms with E-state index in [4.69, 9.17) is 18.9 Å². The first-order valence-electron chi connectivity index (χ1n) is 15.4. The van der Waals surface area contributed by atoms with Gasteiger partial charge in [0.1, 0.15) is 12.4 Å². The van der Waals surface area contributed by atoms with Crippen molar-refractivity contribution < 1.29 is 18.9 Å². The molecule has 6 aromatic rings. The Kier molecular flexibility index (Phi) is 12.6. The number of rotatable bonds is 18. The number of hydrogen-bond donors (Lipinski definition) is 0. The van der Waals surface area contributed by atoms with Gasteiger partial charge in [-0.2, -0.15) is 0 Å². The second kappa shape index (κ2) is 17.7. The number of para-hydroxylation sites is 1. The molecule has 4 nitrogen and oxygen atoms in total. The van der Waals surface area contributed by atoms with E-state index >= 15 is 0 Å². The first-order chi connectivity index (χ1) is 22.9. The van der Waals surface area contributed by atoms with Crippen molar-refractivity contribution in [1.29, 1.82) is 0 Å². The monoisotopic (exact) mass is 684 g/mol. The molecule has 3 heterocycles. The van der Waals surface area contributed by atoms with Crippen LogP contribution in [0.25, 0.3) is 19.5 Å². The van der Waals surface area contributed by atoms with E-state index in [0.717, 1.165) is 12.2 Å². The van der Waals surface area contributed by atoms with Gasteiger partial charge in [-0.1, -0.05) is 91.0 Å². The van der Waals surface area contributed by atoms with Crippen molar-refractivity contribution >= 4 is 57.8 Å². The van der Waals surface area contributed by atoms with Crippen LogP contribution in [0.3, 0.4) is 0 Å². The van der Waals surface area contributed by atoms with Gasteiger partial charge in [-0.25, -0.2) is 0 Å². The van der Waals surface area contributed by atoms with E-state index in [1.165, 1.54) is 41.0 Å². The Labute approximate surface area is 285 Å². The molecule has 0 aliphatic heterocycles. The van der Waals surface area contributed by atoms with Crippen molar-refractivity contribution in [2.75, 3.05) is 46.2 Å². The molecular weight excluding hydrogens is 648 g/mol. The van der Waals surface area contributed by atoms with Gasteiger partial charge in [0.25, 0.3) is 0 Å². The molecule has 0 spiro atoms. The van der Waals surface area contributed by atoms with Crippen molar-refractivity contribution in [1.82, 2.24) is 0 Å². The van der Waals surface area contributed by atoms with E-state index in [2.05, 4.69) is 120 Å². The Morgan fingerprint density at radius 3 is 1.70 bits per heavy atom. The van der Waals surface area contributed by atoms with Gasteiger partial charge in [0.15, 0.2) is 0 Å². The molecule has 6 rings (SSSR count). The molecular formula is C38H37O4PS3. The minimum absolute atomic E-state index is 0.483. The van der Waals surface area contributed by atoms with Crippen LogP contribution in [-0.2, 0) is 20.6 Å². The second-order valence-electron chi connectivity index (χ2n) is 10.3. The van der Waals surface area contributed by atoms with Gasteiger partial charge in [0.05, 0.1) is 39.6 Å². The Bertz CT molecular complexity index is 1660. The average Bonchev–Trinajstić information content (AvgIpc) is 3.90. The molecule has 0 amide bonds. The Hall–Kier alpha value is -3.13. The SMILES string of the molecule is c1ccc(P(c2ccccc2)c2ccccc2OCCOCCOCCOCCc2cc(-c3cccs3)sc2-c2cccs2)cc1. The van der Waals surface area contributed by atoms with Crippen LogP contribution in [-0.4, -0.2) is 46.2 Å². The molecule has 0 unspecified atom stereocenters. The Balaban J connectivity index is 0.888. The van der Waals surface area contributed by atoms with Crippen molar-refractivity contribution in [3.8, 4) is 25.3 Å². The first kappa shape index (κ1) is 32.8. The molecule has 3 aromatic heterocycles. The molecule has 8 heteroatoms. The van der Waals surface area contributed by atoms with Crippen LogP contribution in [0, 0.1) is 0 Å². The van der Waals surface area contributed by atoms with E-state index in [1.54, 1.807) is 22.7 Å². The van der Waals surface area contributed by atoms with E-state index in [0.29, 0.717) is 46.2 Å². The molecule has 3 aromatic carbocycles. The van der Waals surface area contributed by atoms with Crippen LogP contribution in [0.15, 0.2) is 126 Å². The third kappa shape index (κ3) is 9.02. The molecule has 0 atom stereocenters. The predicted octanol–water partition coefficient (Wildman–Crippen LogP) is 8.63. The fourth-order valence-corrected chi connectivity index (χ4v) is 10.4. The molecule has 0 saturated heterocycles. The highest BCUT2D eigenvalue weighted by Crippen LogP contribution is 2.41. The van der Waals surface area contributed by atoms with Crippen LogP contribution in [0.4, 0.5) is 0 Å². The van der Waals surface area contributed by atoms with Crippen LogP contribution in [0.5, 0.6) is 5.75 Å². The summed E-state index contributed by atoms with van der Waals surface area (Å²) >= 11 is 5.46. The third-order valence-corrected chi connectivity index (χ3v) is 13.0. The fourth-order valence-electron chi connectivity index (χ4n) is 5.05. The maximum Gasteiger partial charge on any atom is 0.127 e. The van der Waals surface area contributed by atoms with E-state index in [1.807, 2.05) is 17.4 Å². The summed E-state index contributed by atoms with van der Waals surface area (Å²) in [6, 6.07) is 40.7. The summed E-state index contributed by atoms with van der Waals surface area (Å²) < 4.78 is 23.7. The fraction of sp³-hybridized carbons (Fsp3) is 0.211. The zero-order chi connectivity index (χ0) is 31.2. The maximum atomic E-state index is 6.26. The summed E-state index contributed by atoms with van der Waals surface area (Å²) in [5.74, 6) is 0.908. The molecule has 46 heavy (non-hydrogen) atoms. The number of hydrogen-bond acceptors (Lipinski definition) is 7. The van der Waals surface area contributed by atoms with Gasteiger partial charge in [-0.05, 0) is 65.5 Å². The van der Waals surface area contributed by atoms with Crippen LogP contribution in [0.1, 0.15) is 5.56 Å². The Morgan fingerprint density at radius 2 is 1.07 bits per heavy atom. The van der Waals surface area contributed by atoms with Crippen molar-refractivity contribution in [2.24, 2.45) is 0 Å². The average molecular weight is 685 g/mol. The maximum absolute atomic E-state index is 6.26. The topological polar surface area (TPSA) is 36.9 Å². The van der Waals surface area contributed by atoms with Crippen molar-refractivity contribution in [3.63, 3.8) is 0 Å². The lowest BCUT2D eigenvalue weighted by atomic mass is 10.1. The van der Waals surface area contributed by atoms with Crippen LogP contribution < -0.4 is 20.7 Å². The second-order valence-corrected chi connectivity index (χ2v) is 15.5. The molecule has 0 saturated carbocycles. The third-order valence-electron chi connectivity index (χ3n) is 7.20. The summed E-state index contributed by atoms with van der Waals surface area (Å²) in [5, 5.41) is 8.09.